The molecule has 15 nitrogen and oxygen atoms in total. The summed E-state index contributed by atoms with van der Waals surface area (Å²) in [5, 5.41) is 23.9. The summed E-state index contributed by atoms with van der Waals surface area (Å²) in [6.45, 7) is 0.357. The maximum atomic E-state index is 15.4. The van der Waals surface area contributed by atoms with Crippen LogP contribution in [0, 0.1) is 0 Å². The molecule has 1 aromatic heterocycles. The average molecular weight is 562 g/mol. The normalized spacial score (nSPS) is 23.7. The Morgan fingerprint density at radius 1 is 1.36 bits per heavy atom. The highest BCUT2D eigenvalue weighted by atomic mass is 31.1. The van der Waals surface area contributed by atoms with E-state index in [0.29, 0.717) is 15.3 Å². The van der Waals surface area contributed by atoms with E-state index in [1.54, 1.807) is 30.3 Å². The monoisotopic (exact) mass is 562 g/mol. The fourth-order valence-corrected chi connectivity index (χ4v) is 4.58. The van der Waals surface area contributed by atoms with Crippen LogP contribution in [-0.4, -0.2) is 56.4 Å². The first kappa shape index (κ1) is 27.7. The van der Waals surface area contributed by atoms with Crippen molar-refractivity contribution in [1.82, 2.24) is 9.55 Å². The van der Waals surface area contributed by atoms with Gasteiger partial charge in [0.05, 0.1) is 0 Å². The van der Waals surface area contributed by atoms with Gasteiger partial charge >= 0.3 is 19.8 Å². The van der Waals surface area contributed by atoms with Gasteiger partial charge in [0, 0.05) is 22.6 Å². The molecule has 0 radical (unpaired) electrons. The molecule has 2 heterocycles. The fraction of sp³-hybridized carbons (Fsp3) is 0.318. The Hall–Kier alpha value is -4.33. The van der Waals surface area contributed by atoms with E-state index in [-0.39, 0.29) is 11.5 Å². The first-order valence-electron chi connectivity index (χ1n) is 11.2. The lowest BCUT2D eigenvalue weighted by Crippen LogP contribution is -2.43. The smallest absolute Gasteiger partial charge is 0.395 e. The molecule has 204 valence electrons. The highest BCUT2D eigenvalue weighted by Crippen LogP contribution is 2.43. The van der Waals surface area contributed by atoms with Gasteiger partial charge in [0.1, 0.15) is 12.7 Å². The maximum Gasteiger partial charge on any atom is 0.395 e. The number of hydrogen-bond acceptors (Lipinski definition) is 10. The molecule has 0 bridgehead atoms. The third kappa shape index (κ3) is 5.60. The van der Waals surface area contributed by atoms with E-state index in [0.717, 1.165) is 12.3 Å². The Balaban J connectivity index is 1.69. The number of ether oxygens (including phenoxy) is 2. The minimum absolute atomic E-state index is 0.127. The third-order valence-electron chi connectivity index (χ3n) is 5.76. The SMILES string of the molecule is C[C@H](N=[P+]([O-])Oc1c(OC[C@@]2(N=[N+]=[N-])O[C@@H](n3ccc(=O)[nH]c3=O)[C@H](O)[C@@H]2F)ccc2ccccc12)C(=O)O. The number of halogens is 1. The van der Waals surface area contributed by atoms with Crippen molar-refractivity contribution < 1.29 is 38.3 Å². The molecule has 1 saturated heterocycles. The molecular weight excluding hydrogens is 542 g/mol. The van der Waals surface area contributed by atoms with Crippen LogP contribution in [0.15, 0.2) is 68.1 Å². The second-order valence-electron chi connectivity index (χ2n) is 8.31. The van der Waals surface area contributed by atoms with Crippen molar-refractivity contribution in [3.63, 3.8) is 0 Å². The van der Waals surface area contributed by atoms with Gasteiger partial charge in [-0.3, -0.25) is 18.9 Å². The summed E-state index contributed by atoms with van der Waals surface area (Å²) in [6.07, 6.45) is -5.13. The lowest BCUT2D eigenvalue weighted by Gasteiger charge is -2.26. The number of aromatic nitrogens is 2. The molecule has 0 saturated carbocycles. The number of azide groups is 1. The molecule has 1 aliphatic heterocycles. The summed E-state index contributed by atoms with van der Waals surface area (Å²) >= 11 is 0. The lowest BCUT2D eigenvalue weighted by atomic mass is 10.1. The minimum atomic E-state index is -2.90. The number of carbonyl (C=O) groups is 1. The van der Waals surface area contributed by atoms with Gasteiger partial charge in [-0.1, -0.05) is 40.2 Å². The predicted molar refractivity (Wildman–Crippen MR) is 131 cm³/mol. The van der Waals surface area contributed by atoms with Crippen molar-refractivity contribution in [3.05, 3.63) is 79.9 Å². The number of aliphatic hydroxyl groups is 1. The summed E-state index contributed by atoms with van der Waals surface area (Å²) in [5.74, 6) is -1.58. The highest BCUT2D eigenvalue weighted by molar-refractivity contribution is 7.34. The Morgan fingerprint density at radius 2 is 2.10 bits per heavy atom. The number of rotatable bonds is 9. The zero-order chi connectivity index (χ0) is 28.3. The summed E-state index contributed by atoms with van der Waals surface area (Å²) in [7, 11) is -2.90. The van der Waals surface area contributed by atoms with E-state index in [2.05, 4.69) is 14.8 Å². The maximum absolute atomic E-state index is 15.4. The van der Waals surface area contributed by atoms with Crippen molar-refractivity contribution in [2.45, 2.75) is 37.2 Å². The second kappa shape index (κ2) is 11.2. The fourth-order valence-electron chi connectivity index (χ4n) is 3.81. The quantitative estimate of drug-likeness (QED) is 0.149. The van der Waals surface area contributed by atoms with Gasteiger partial charge in [-0.15, -0.1) is 0 Å². The number of hydrogen-bond donors (Lipinski definition) is 3. The number of aliphatic carboxylic acids is 1. The predicted octanol–water partition coefficient (Wildman–Crippen LogP) is 1.71. The van der Waals surface area contributed by atoms with E-state index in [1.165, 1.54) is 13.0 Å². The summed E-state index contributed by atoms with van der Waals surface area (Å²) < 4.78 is 36.3. The van der Waals surface area contributed by atoms with E-state index in [4.69, 9.17) is 24.6 Å². The van der Waals surface area contributed by atoms with Gasteiger partial charge < -0.3 is 24.6 Å². The Morgan fingerprint density at radius 3 is 2.79 bits per heavy atom. The molecule has 6 atom stereocenters. The Kier molecular flexibility index (Phi) is 7.95. The van der Waals surface area contributed by atoms with Crippen LogP contribution >= 0.6 is 8.17 Å². The van der Waals surface area contributed by atoms with E-state index in [9.17, 15) is 24.4 Å². The molecule has 17 heteroatoms. The number of aromatic amines is 1. The molecule has 3 aromatic rings. The Bertz CT molecular complexity index is 1610. The third-order valence-corrected chi connectivity index (χ3v) is 6.63. The molecule has 0 amide bonds. The van der Waals surface area contributed by atoms with Gasteiger partial charge in [-0.25, -0.2) is 14.0 Å². The number of carboxylic acids is 1. The highest BCUT2D eigenvalue weighted by Gasteiger charge is 2.57. The molecule has 0 spiro atoms. The molecule has 1 aliphatic rings. The first-order chi connectivity index (χ1) is 18.6. The van der Waals surface area contributed by atoms with Crippen LogP contribution in [0.3, 0.4) is 0 Å². The molecule has 1 fully saturated rings. The molecule has 2 aromatic carbocycles. The summed E-state index contributed by atoms with van der Waals surface area (Å²) in [5.41, 5.74) is 4.89. The van der Waals surface area contributed by atoms with Crippen molar-refractivity contribution in [3.8, 4) is 11.5 Å². The van der Waals surface area contributed by atoms with Crippen LogP contribution in [0.4, 0.5) is 4.39 Å². The van der Waals surface area contributed by atoms with Gasteiger partial charge in [0.15, 0.2) is 24.2 Å². The zero-order valence-electron chi connectivity index (χ0n) is 19.9. The zero-order valence-corrected chi connectivity index (χ0v) is 20.8. The second-order valence-corrected chi connectivity index (χ2v) is 9.20. The number of fused-ring (bicyclic) bond motifs is 1. The van der Waals surface area contributed by atoms with Crippen molar-refractivity contribution in [2.75, 3.05) is 6.61 Å². The number of nitrogens with zero attached hydrogens (tertiary/aromatic N) is 5. The van der Waals surface area contributed by atoms with Gasteiger partial charge in [0.25, 0.3) is 5.56 Å². The number of carboxylic acid groups (broad SMARTS) is 1. The minimum Gasteiger partial charge on any atom is -0.575 e. The standard InChI is InChI=1S/C22H20FN6O9P/c1-11(20(32)33)26-39(35)38-17-13-5-3-2-4-12(13)6-7-14(17)36-10-22(27-28-24)18(23)16(31)19(37-22)29-9-8-15(30)25-21(29)34/h2-9,11,16,18-19,31H,10H2,1H3,(H,32,33)(H,25,30,34)/t11-,16+,18-,19+,22+/m0/s1. The number of alkyl halides is 1. The van der Waals surface area contributed by atoms with Crippen LogP contribution in [-0.2, 0) is 9.53 Å². The Labute approximate surface area is 218 Å². The van der Waals surface area contributed by atoms with Gasteiger partial charge in [-0.05, 0) is 23.9 Å². The van der Waals surface area contributed by atoms with Crippen LogP contribution in [0.5, 0.6) is 11.5 Å². The number of H-pyrrole nitrogens is 1. The summed E-state index contributed by atoms with van der Waals surface area (Å²) in [6, 6.07) is 9.26. The first-order valence-corrected chi connectivity index (χ1v) is 12.3. The van der Waals surface area contributed by atoms with Crippen molar-refractivity contribution in [1.29, 1.82) is 0 Å². The number of nitrogens with one attached hydrogen (secondary N) is 1. The van der Waals surface area contributed by atoms with Gasteiger partial charge in [0.2, 0.25) is 11.5 Å². The summed E-state index contributed by atoms with van der Waals surface area (Å²) in [4.78, 5) is 51.7. The van der Waals surface area contributed by atoms with Crippen LogP contribution in [0.2, 0.25) is 0 Å². The number of aliphatic hydroxyl groups excluding tert-OH is 1. The van der Waals surface area contributed by atoms with Gasteiger partial charge in [-0.2, -0.15) is 0 Å². The average Bonchev–Trinajstić information content (AvgIpc) is 3.13. The van der Waals surface area contributed by atoms with Crippen molar-refractivity contribution in [2.24, 2.45) is 9.86 Å². The van der Waals surface area contributed by atoms with E-state index >= 15 is 4.39 Å². The van der Waals surface area contributed by atoms with Crippen LogP contribution in [0.25, 0.3) is 21.2 Å². The topological polar surface area (TPSA) is 224 Å². The van der Waals surface area contributed by atoms with E-state index in [1.807, 2.05) is 4.98 Å². The molecule has 39 heavy (non-hydrogen) atoms. The lowest BCUT2D eigenvalue weighted by molar-refractivity contribution is -0.169. The molecule has 1 unspecified atom stereocenters. The molecule has 0 aliphatic carbocycles. The molecule has 4 rings (SSSR count). The van der Waals surface area contributed by atoms with Crippen LogP contribution in [0.1, 0.15) is 13.2 Å². The largest absolute Gasteiger partial charge is 0.575 e. The molecular formula is C22H20FN6O9P. The van der Waals surface area contributed by atoms with Crippen LogP contribution < -0.4 is 25.4 Å². The molecule has 3 N–H and O–H groups in total. The number of benzene rings is 2. The van der Waals surface area contributed by atoms with Crippen molar-refractivity contribution >= 4 is 24.9 Å². The van der Waals surface area contributed by atoms with E-state index < -0.39 is 62.3 Å².